The summed E-state index contributed by atoms with van der Waals surface area (Å²) in [6.07, 6.45) is 2.45. The van der Waals surface area contributed by atoms with E-state index >= 15 is 0 Å². The minimum atomic E-state index is -0.444. The van der Waals surface area contributed by atoms with E-state index in [0.717, 1.165) is 21.1 Å². The molecule has 2 aromatic carbocycles. The molecule has 2 rings (SSSR count). The molecule has 0 bridgehead atoms. The van der Waals surface area contributed by atoms with Gasteiger partial charge >= 0.3 is 0 Å². The molecule has 1 N–H and O–H groups in total. The molecule has 0 heterocycles. The number of ether oxygens (including phenoxy) is 2. The van der Waals surface area contributed by atoms with Gasteiger partial charge in [-0.15, -0.1) is 0 Å². The maximum atomic E-state index is 12.7. The maximum Gasteiger partial charge on any atom is 0.266 e. The average Bonchev–Trinajstić information content (AvgIpc) is 2.68. The molecule has 0 saturated heterocycles. The van der Waals surface area contributed by atoms with Crippen LogP contribution in [0.3, 0.4) is 0 Å². The van der Waals surface area contributed by atoms with Gasteiger partial charge in [0.05, 0.1) is 16.8 Å². The third-order valence-electron chi connectivity index (χ3n) is 4.10. The number of amides is 1. The lowest BCUT2D eigenvalue weighted by Crippen LogP contribution is -2.14. The Labute approximate surface area is 185 Å². The number of carbonyl (C=O) groups excluding carboxylic acids is 1. The summed E-state index contributed by atoms with van der Waals surface area (Å²) in [6, 6.07) is 11.5. The highest BCUT2D eigenvalue weighted by atomic mass is 127. The molecule has 1 amide bonds. The average molecular weight is 504 g/mol. The number of aryl methyl sites for hydroxylation is 2. The Morgan fingerprint density at radius 3 is 2.62 bits per heavy atom. The summed E-state index contributed by atoms with van der Waals surface area (Å²) in [5.74, 6) is 0.844. The van der Waals surface area contributed by atoms with Crippen molar-refractivity contribution in [3.05, 3.63) is 56.2 Å². The second kappa shape index (κ2) is 10.9. The zero-order valence-electron chi connectivity index (χ0n) is 17.1. The van der Waals surface area contributed by atoms with Gasteiger partial charge in [0.1, 0.15) is 11.6 Å². The van der Waals surface area contributed by atoms with Crippen molar-refractivity contribution in [3.8, 4) is 17.6 Å². The fourth-order valence-electron chi connectivity index (χ4n) is 2.65. The van der Waals surface area contributed by atoms with E-state index in [-0.39, 0.29) is 5.57 Å². The largest absolute Gasteiger partial charge is 0.490 e. The number of nitriles is 1. The lowest BCUT2D eigenvalue weighted by atomic mass is 10.1. The molecule has 0 aliphatic carbocycles. The van der Waals surface area contributed by atoms with Crippen LogP contribution in [-0.2, 0) is 4.79 Å². The van der Waals surface area contributed by atoms with E-state index in [1.807, 2.05) is 58.0 Å². The number of anilines is 1. The molecular weight excluding hydrogens is 479 g/mol. The lowest BCUT2D eigenvalue weighted by molar-refractivity contribution is -0.112. The molecule has 0 fully saturated rings. The minimum Gasteiger partial charge on any atom is -0.490 e. The summed E-state index contributed by atoms with van der Waals surface area (Å²) in [5, 5.41) is 12.4. The molecule has 0 aromatic heterocycles. The van der Waals surface area contributed by atoms with Crippen LogP contribution in [0, 0.1) is 28.7 Å². The summed E-state index contributed by atoms with van der Waals surface area (Å²) in [6.45, 7) is 8.89. The first-order valence-corrected chi connectivity index (χ1v) is 10.6. The predicted molar refractivity (Wildman–Crippen MR) is 124 cm³/mol. The van der Waals surface area contributed by atoms with Crippen LogP contribution in [0.25, 0.3) is 6.08 Å². The highest BCUT2D eigenvalue weighted by molar-refractivity contribution is 14.1. The van der Waals surface area contributed by atoms with Crippen molar-refractivity contribution < 1.29 is 14.3 Å². The fourth-order valence-corrected chi connectivity index (χ4v) is 3.43. The Morgan fingerprint density at radius 2 is 1.97 bits per heavy atom. The number of halogens is 1. The molecule has 6 heteroatoms. The summed E-state index contributed by atoms with van der Waals surface area (Å²) < 4.78 is 12.4. The van der Waals surface area contributed by atoms with E-state index in [0.29, 0.717) is 36.0 Å². The van der Waals surface area contributed by atoms with Crippen LogP contribution in [-0.4, -0.2) is 19.1 Å². The van der Waals surface area contributed by atoms with Gasteiger partial charge < -0.3 is 14.8 Å². The van der Waals surface area contributed by atoms with Crippen molar-refractivity contribution in [2.45, 2.75) is 34.1 Å². The normalized spacial score (nSPS) is 11.0. The molecule has 152 valence electrons. The number of rotatable bonds is 8. The molecule has 0 radical (unpaired) electrons. The maximum absolute atomic E-state index is 12.7. The molecule has 0 aliphatic rings. The molecule has 0 saturated carbocycles. The van der Waals surface area contributed by atoms with Gasteiger partial charge in [-0.25, -0.2) is 0 Å². The molecular formula is C23H25IN2O3. The van der Waals surface area contributed by atoms with Crippen molar-refractivity contribution in [2.75, 3.05) is 18.5 Å². The zero-order chi connectivity index (χ0) is 21.4. The molecule has 0 unspecified atom stereocenters. The van der Waals surface area contributed by atoms with E-state index < -0.39 is 5.91 Å². The van der Waals surface area contributed by atoms with Gasteiger partial charge in [0, 0.05) is 5.69 Å². The van der Waals surface area contributed by atoms with Gasteiger partial charge in [0.25, 0.3) is 5.91 Å². The standard InChI is InChI=1S/C23H25IN2O3/c1-5-9-29-22-19(24)12-17(13-21(22)28-6-2)11-18(14-25)23(27)26-20-10-15(3)7-8-16(20)4/h7-8,10-13H,5-6,9H2,1-4H3,(H,26,27)/b18-11-. The van der Waals surface area contributed by atoms with Gasteiger partial charge in [-0.3, -0.25) is 4.79 Å². The van der Waals surface area contributed by atoms with Crippen LogP contribution in [0.1, 0.15) is 37.0 Å². The van der Waals surface area contributed by atoms with Crippen LogP contribution in [0.15, 0.2) is 35.9 Å². The van der Waals surface area contributed by atoms with Crippen molar-refractivity contribution in [1.29, 1.82) is 5.26 Å². The smallest absolute Gasteiger partial charge is 0.266 e. The number of benzene rings is 2. The monoisotopic (exact) mass is 504 g/mol. The fraction of sp³-hybridized carbons (Fsp3) is 0.304. The van der Waals surface area contributed by atoms with Crippen molar-refractivity contribution in [2.24, 2.45) is 0 Å². The summed E-state index contributed by atoms with van der Waals surface area (Å²) in [4.78, 5) is 12.7. The first-order chi connectivity index (χ1) is 13.9. The van der Waals surface area contributed by atoms with E-state index in [4.69, 9.17) is 9.47 Å². The van der Waals surface area contributed by atoms with Crippen LogP contribution < -0.4 is 14.8 Å². The van der Waals surface area contributed by atoms with Gasteiger partial charge in [-0.2, -0.15) is 5.26 Å². The second-order valence-corrected chi connectivity index (χ2v) is 7.72. The van der Waals surface area contributed by atoms with Crippen molar-refractivity contribution in [1.82, 2.24) is 0 Å². The topological polar surface area (TPSA) is 71.3 Å². The SMILES string of the molecule is CCCOc1c(I)cc(/C=C(/C#N)C(=O)Nc2cc(C)ccc2C)cc1OCC. The summed E-state index contributed by atoms with van der Waals surface area (Å²) in [7, 11) is 0. The zero-order valence-corrected chi connectivity index (χ0v) is 19.3. The van der Waals surface area contributed by atoms with Crippen LogP contribution >= 0.6 is 22.6 Å². The Morgan fingerprint density at radius 1 is 1.21 bits per heavy atom. The van der Waals surface area contributed by atoms with Gasteiger partial charge in [-0.05, 0) is 90.7 Å². The first-order valence-electron chi connectivity index (χ1n) is 9.49. The number of nitrogens with one attached hydrogen (secondary N) is 1. The first kappa shape index (κ1) is 22.8. The summed E-state index contributed by atoms with van der Waals surface area (Å²) >= 11 is 2.18. The Balaban J connectivity index is 2.35. The molecule has 29 heavy (non-hydrogen) atoms. The Bertz CT molecular complexity index is 961. The van der Waals surface area contributed by atoms with Crippen LogP contribution in [0.5, 0.6) is 11.5 Å². The number of nitrogens with zero attached hydrogens (tertiary/aromatic N) is 1. The molecule has 0 aliphatic heterocycles. The third-order valence-corrected chi connectivity index (χ3v) is 4.90. The number of hydrogen-bond acceptors (Lipinski definition) is 4. The highest BCUT2D eigenvalue weighted by Gasteiger charge is 2.15. The number of hydrogen-bond donors (Lipinski definition) is 1. The molecule has 5 nitrogen and oxygen atoms in total. The summed E-state index contributed by atoms with van der Waals surface area (Å²) in [5.41, 5.74) is 3.39. The Kier molecular flexibility index (Phi) is 8.52. The Hall–Kier alpha value is -2.53. The van der Waals surface area contributed by atoms with Crippen LogP contribution in [0.4, 0.5) is 5.69 Å². The second-order valence-electron chi connectivity index (χ2n) is 6.55. The predicted octanol–water partition coefficient (Wildman–Crippen LogP) is 5.64. The minimum absolute atomic E-state index is 0.0198. The molecule has 0 spiro atoms. The lowest BCUT2D eigenvalue weighted by Gasteiger charge is -2.14. The highest BCUT2D eigenvalue weighted by Crippen LogP contribution is 2.35. The van der Waals surface area contributed by atoms with E-state index in [1.54, 1.807) is 12.1 Å². The van der Waals surface area contributed by atoms with E-state index in [9.17, 15) is 10.1 Å². The number of carbonyl (C=O) groups is 1. The molecule has 0 atom stereocenters. The van der Waals surface area contributed by atoms with Gasteiger partial charge in [0.2, 0.25) is 0 Å². The van der Waals surface area contributed by atoms with Crippen molar-refractivity contribution >= 4 is 40.3 Å². The van der Waals surface area contributed by atoms with E-state index in [1.165, 1.54) is 0 Å². The van der Waals surface area contributed by atoms with Crippen molar-refractivity contribution in [3.63, 3.8) is 0 Å². The van der Waals surface area contributed by atoms with Gasteiger partial charge in [-0.1, -0.05) is 19.1 Å². The van der Waals surface area contributed by atoms with Gasteiger partial charge in [0.15, 0.2) is 11.5 Å². The van der Waals surface area contributed by atoms with E-state index in [2.05, 4.69) is 27.9 Å². The quantitative estimate of drug-likeness (QED) is 0.287. The van der Waals surface area contributed by atoms with Crippen LogP contribution in [0.2, 0.25) is 0 Å². The third kappa shape index (κ3) is 6.23. The molecule has 2 aromatic rings.